The maximum atomic E-state index is 9.32. The topological polar surface area (TPSA) is 23.9 Å². The molecule has 0 atom stereocenters. The third-order valence-electron chi connectivity index (χ3n) is 5.24. The Morgan fingerprint density at radius 1 is 0.577 bits per heavy atom. The fourth-order valence-corrected chi connectivity index (χ4v) is 6.48. The monoisotopic (exact) mass is 369 g/mol. The molecule has 0 aliphatic rings. The van der Waals surface area contributed by atoms with Crippen molar-refractivity contribution in [2.45, 2.75) is 71.1 Å². The quantitative estimate of drug-likeness (QED) is 0.282. The van der Waals surface area contributed by atoms with Crippen LogP contribution in [0.3, 0.4) is 0 Å². The number of hydrogen-bond acceptors (Lipinski definition) is 1. The van der Waals surface area contributed by atoms with Gasteiger partial charge in [-0.1, -0.05) is 125 Å². The molecule has 1 nitrogen and oxygen atoms in total. The van der Waals surface area contributed by atoms with Crippen molar-refractivity contribution in [3.63, 3.8) is 0 Å². The van der Waals surface area contributed by atoms with E-state index in [-0.39, 0.29) is 0 Å². The van der Waals surface area contributed by atoms with Gasteiger partial charge in [0.15, 0.2) is 0 Å². The van der Waals surface area contributed by atoms with Crippen LogP contribution < -0.4 is 10.6 Å². The first-order valence-corrected chi connectivity index (χ1v) is 12.5. The number of benzene rings is 2. The van der Waals surface area contributed by atoms with E-state index in [1.54, 1.807) is 0 Å². The molecular weight excluding hydrogens is 333 g/mol. The lowest BCUT2D eigenvalue weighted by Gasteiger charge is -2.23. The van der Waals surface area contributed by atoms with E-state index in [1.165, 1.54) is 74.8 Å². The van der Waals surface area contributed by atoms with Crippen LogP contribution in [0.2, 0.25) is 0 Å². The zero-order valence-corrected chi connectivity index (χ0v) is 17.4. The average molecular weight is 370 g/mol. The van der Waals surface area contributed by atoms with Gasteiger partial charge < -0.3 is 5.16 Å². The second kappa shape index (κ2) is 12.1. The number of unbranched alkanes of at least 4 members (excludes halogenated alkanes) is 9. The molecule has 0 saturated carbocycles. The molecule has 0 bridgehead atoms. The molecule has 0 amide bonds. The average Bonchev–Trinajstić information content (AvgIpc) is 2.70. The maximum Gasteiger partial charge on any atom is 0.0237 e. The van der Waals surface area contributed by atoms with Gasteiger partial charge >= 0.3 is 0 Å². The van der Waals surface area contributed by atoms with Crippen molar-refractivity contribution in [1.82, 2.24) is 0 Å². The lowest BCUT2D eigenvalue weighted by Crippen LogP contribution is -2.18. The van der Waals surface area contributed by atoms with E-state index >= 15 is 0 Å². The zero-order chi connectivity index (χ0) is 18.5. The summed E-state index contributed by atoms with van der Waals surface area (Å²) in [6.07, 6.45) is 14.5. The van der Waals surface area contributed by atoms with Crippen LogP contribution in [0.1, 0.15) is 71.1 Å². The summed E-state index contributed by atoms with van der Waals surface area (Å²) in [5.74, 6) is 0. The molecule has 1 N–H and O–H groups in total. The molecule has 0 unspecified atom stereocenters. The van der Waals surface area contributed by atoms with E-state index in [2.05, 4.69) is 67.6 Å². The second-order valence-corrected chi connectivity index (χ2v) is 10.5. The first kappa shape index (κ1) is 21.0. The predicted molar refractivity (Wildman–Crippen MR) is 119 cm³/mol. The molecule has 2 heteroatoms. The van der Waals surface area contributed by atoms with E-state index in [0.29, 0.717) is 0 Å². The second-order valence-electron chi connectivity index (χ2n) is 7.39. The molecule has 26 heavy (non-hydrogen) atoms. The molecule has 0 aliphatic carbocycles. The molecule has 0 radical (unpaired) electrons. The van der Waals surface area contributed by atoms with Gasteiger partial charge in [-0.15, -0.1) is 0 Å². The van der Waals surface area contributed by atoms with Gasteiger partial charge in [0.2, 0.25) is 0 Å². The molecule has 2 aromatic carbocycles. The van der Waals surface area contributed by atoms with E-state index in [0.717, 1.165) is 6.16 Å². The molecule has 0 saturated heterocycles. The Morgan fingerprint density at radius 2 is 0.962 bits per heavy atom. The minimum Gasteiger partial charge on any atom is -0.309 e. The van der Waals surface area contributed by atoms with Crippen molar-refractivity contribution in [1.29, 1.82) is 5.16 Å². The van der Waals surface area contributed by atoms with E-state index in [4.69, 9.17) is 0 Å². The van der Waals surface area contributed by atoms with Crippen LogP contribution in [0.25, 0.3) is 0 Å². The van der Waals surface area contributed by atoms with Crippen molar-refractivity contribution < 1.29 is 0 Å². The van der Waals surface area contributed by atoms with Gasteiger partial charge in [-0.05, 0) is 23.2 Å². The van der Waals surface area contributed by atoms with Gasteiger partial charge in [-0.25, -0.2) is 0 Å². The summed E-state index contributed by atoms with van der Waals surface area (Å²) >= 11 is 0. The van der Waals surface area contributed by atoms with Gasteiger partial charge in [0, 0.05) is 7.05 Å². The standard InChI is InChI=1S/C24H36NP/c1-2-3-4-5-6-7-8-9-10-17-22-26(25,23-18-13-11-14-19-23)24-20-15-12-16-21-24/h11-16,18-21,25H,2-10,17,22H2,1H3. The fraction of sp³-hybridized carbons (Fsp3) is 0.500. The van der Waals surface area contributed by atoms with E-state index in [1.807, 2.05) is 0 Å². The Morgan fingerprint density at radius 3 is 1.38 bits per heavy atom. The number of hydrogen-bond donors (Lipinski definition) is 1. The summed E-state index contributed by atoms with van der Waals surface area (Å²) < 4.78 is 0. The molecule has 2 rings (SSSR count). The normalized spacial score (nSPS) is 11.6. The number of rotatable bonds is 13. The van der Waals surface area contributed by atoms with Crippen LogP contribution in [-0.4, -0.2) is 6.16 Å². The smallest absolute Gasteiger partial charge is 0.0237 e. The summed E-state index contributed by atoms with van der Waals surface area (Å²) in [7, 11) is -2.00. The van der Waals surface area contributed by atoms with Crippen molar-refractivity contribution in [2.75, 3.05) is 6.16 Å². The fourth-order valence-electron chi connectivity index (χ4n) is 3.61. The third-order valence-corrected chi connectivity index (χ3v) is 8.59. The van der Waals surface area contributed by atoms with Gasteiger partial charge in [-0.2, -0.15) is 0 Å². The van der Waals surface area contributed by atoms with Crippen molar-refractivity contribution in [3.05, 3.63) is 60.7 Å². The predicted octanol–water partition coefficient (Wildman–Crippen LogP) is 7.34. The van der Waals surface area contributed by atoms with Crippen LogP contribution in [0.15, 0.2) is 60.7 Å². The van der Waals surface area contributed by atoms with Crippen molar-refractivity contribution in [3.8, 4) is 0 Å². The molecule has 0 fully saturated rings. The zero-order valence-electron chi connectivity index (χ0n) is 16.5. The Hall–Kier alpha value is -1.33. The van der Waals surface area contributed by atoms with Gasteiger partial charge in [0.1, 0.15) is 0 Å². The van der Waals surface area contributed by atoms with Gasteiger partial charge in [0.25, 0.3) is 0 Å². The van der Waals surface area contributed by atoms with Crippen LogP contribution in [0, 0.1) is 5.16 Å². The SMILES string of the molecule is CCCCCCCCCCCCP(=N)(c1ccccc1)c1ccccc1. The highest BCUT2D eigenvalue weighted by atomic mass is 31.2. The first-order chi connectivity index (χ1) is 12.8. The Bertz CT molecular complexity index is 592. The van der Waals surface area contributed by atoms with E-state index in [9.17, 15) is 5.16 Å². The first-order valence-electron chi connectivity index (χ1n) is 10.5. The molecule has 0 heterocycles. The lowest BCUT2D eigenvalue weighted by atomic mass is 10.1. The Labute approximate surface area is 161 Å². The largest absolute Gasteiger partial charge is 0.309 e. The summed E-state index contributed by atoms with van der Waals surface area (Å²) in [5.41, 5.74) is 0. The number of nitrogens with one attached hydrogen (secondary N) is 1. The maximum absolute atomic E-state index is 9.32. The third kappa shape index (κ3) is 6.76. The van der Waals surface area contributed by atoms with E-state index < -0.39 is 7.05 Å². The molecule has 0 aliphatic heterocycles. The van der Waals surface area contributed by atoms with Gasteiger partial charge in [0.05, 0.1) is 0 Å². The highest BCUT2D eigenvalue weighted by Crippen LogP contribution is 2.45. The van der Waals surface area contributed by atoms with Crippen LogP contribution in [0.5, 0.6) is 0 Å². The summed E-state index contributed by atoms with van der Waals surface area (Å²) in [6, 6.07) is 21.1. The molecular formula is C24H36NP. The molecule has 0 spiro atoms. The van der Waals surface area contributed by atoms with Crippen LogP contribution in [-0.2, 0) is 0 Å². The minimum absolute atomic E-state index is 1.01. The van der Waals surface area contributed by atoms with Crippen molar-refractivity contribution in [2.24, 2.45) is 0 Å². The van der Waals surface area contributed by atoms with Gasteiger partial charge in [-0.3, -0.25) is 0 Å². The van der Waals surface area contributed by atoms with Crippen LogP contribution >= 0.6 is 7.05 Å². The molecule has 142 valence electrons. The Kier molecular flexibility index (Phi) is 9.78. The highest BCUT2D eigenvalue weighted by Gasteiger charge is 2.21. The lowest BCUT2D eigenvalue weighted by molar-refractivity contribution is 0.563. The summed E-state index contributed by atoms with van der Waals surface area (Å²) in [6.45, 7) is 2.28. The summed E-state index contributed by atoms with van der Waals surface area (Å²) in [5, 5.41) is 11.8. The molecule has 2 aromatic rings. The Balaban J connectivity index is 1.79. The molecule has 0 aromatic heterocycles. The van der Waals surface area contributed by atoms with Crippen molar-refractivity contribution >= 4 is 17.7 Å². The van der Waals surface area contributed by atoms with Crippen LogP contribution in [0.4, 0.5) is 0 Å². The minimum atomic E-state index is -2.00. The summed E-state index contributed by atoms with van der Waals surface area (Å²) in [4.78, 5) is 0. The highest BCUT2D eigenvalue weighted by molar-refractivity contribution is 7.79.